The molecular formula is C24H20Cl2FN3O3. The van der Waals surface area contributed by atoms with Gasteiger partial charge in [-0.15, -0.1) is 0 Å². The maximum absolute atomic E-state index is 13.5. The van der Waals surface area contributed by atoms with Crippen LogP contribution >= 0.6 is 23.2 Å². The number of furan rings is 1. The van der Waals surface area contributed by atoms with Crippen molar-refractivity contribution in [3.8, 4) is 5.75 Å². The Morgan fingerprint density at radius 3 is 2.73 bits per heavy atom. The van der Waals surface area contributed by atoms with E-state index in [0.29, 0.717) is 39.5 Å². The zero-order chi connectivity index (χ0) is 23.5. The van der Waals surface area contributed by atoms with Gasteiger partial charge in [-0.2, -0.15) is 5.10 Å². The number of aromatic nitrogens is 2. The van der Waals surface area contributed by atoms with Crippen molar-refractivity contribution in [2.24, 2.45) is 0 Å². The summed E-state index contributed by atoms with van der Waals surface area (Å²) >= 11 is 12.0. The van der Waals surface area contributed by atoms with E-state index in [4.69, 9.17) is 32.4 Å². The zero-order valence-corrected chi connectivity index (χ0v) is 19.4. The summed E-state index contributed by atoms with van der Waals surface area (Å²) < 4.78 is 26.5. The first-order chi connectivity index (χ1) is 15.8. The molecule has 4 aromatic rings. The van der Waals surface area contributed by atoms with Crippen LogP contribution in [0.4, 0.5) is 10.1 Å². The smallest absolute Gasteiger partial charge is 0.291 e. The van der Waals surface area contributed by atoms with Crippen LogP contribution in [0.25, 0.3) is 0 Å². The molecule has 0 spiro atoms. The number of benzene rings is 2. The number of amides is 1. The number of carbonyl (C=O) groups excluding carboxylic acids is 1. The molecular weight excluding hydrogens is 468 g/mol. The van der Waals surface area contributed by atoms with Gasteiger partial charge in [-0.3, -0.25) is 9.48 Å². The highest BCUT2D eigenvalue weighted by atomic mass is 35.5. The van der Waals surface area contributed by atoms with Crippen LogP contribution in [-0.4, -0.2) is 15.7 Å². The van der Waals surface area contributed by atoms with Crippen LogP contribution in [0.2, 0.25) is 10.0 Å². The molecule has 1 amide bonds. The SMILES string of the molecule is Cc1nn(Cc2cccc(F)c2)c(C)c1NC(=O)c1ccc(COc2ccc(Cl)cc2Cl)o1. The average molecular weight is 488 g/mol. The minimum absolute atomic E-state index is 0.0955. The second-order valence-corrected chi connectivity index (χ2v) is 8.26. The molecule has 0 aliphatic carbocycles. The van der Waals surface area contributed by atoms with Crippen molar-refractivity contribution in [3.05, 3.63) is 98.9 Å². The Labute approximate surface area is 199 Å². The van der Waals surface area contributed by atoms with Crippen molar-refractivity contribution in [1.82, 2.24) is 9.78 Å². The van der Waals surface area contributed by atoms with Gasteiger partial charge in [0.2, 0.25) is 0 Å². The molecule has 0 radical (unpaired) electrons. The lowest BCUT2D eigenvalue weighted by Crippen LogP contribution is -2.12. The molecule has 0 fully saturated rings. The summed E-state index contributed by atoms with van der Waals surface area (Å²) in [5.74, 6) is 0.329. The van der Waals surface area contributed by atoms with Gasteiger partial charge in [0.05, 0.1) is 28.6 Å². The summed E-state index contributed by atoms with van der Waals surface area (Å²) in [5.41, 5.74) is 2.75. The summed E-state index contributed by atoms with van der Waals surface area (Å²) in [4.78, 5) is 12.7. The van der Waals surface area contributed by atoms with E-state index in [0.717, 1.165) is 11.3 Å². The van der Waals surface area contributed by atoms with E-state index < -0.39 is 5.91 Å². The Balaban J connectivity index is 1.42. The molecule has 0 atom stereocenters. The van der Waals surface area contributed by atoms with Crippen molar-refractivity contribution in [1.29, 1.82) is 0 Å². The fourth-order valence-corrected chi connectivity index (χ4v) is 3.80. The van der Waals surface area contributed by atoms with Crippen molar-refractivity contribution >= 4 is 34.8 Å². The van der Waals surface area contributed by atoms with Crippen LogP contribution in [0.15, 0.2) is 59.0 Å². The lowest BCUT2D eigenvalue weighted by atomic mass is 10.2. The number of rotatable bonds is 7. The number of hydrogen-bond acceptors (Lipinski definition) is 4. The average Bonchev–Trinajstić information content (AvgIpc) is 3.34. The molecule has 33 heavy (non-hydrogen) atoms. The molecule has 0 saturated carbocycles. The first-order valence-corrected chi connectivity index (χ1v) is 10.8. The molecule has 6 nitrogen and oxygen atoms in total. The summed E-state index contributed by atoms with van der Waals surface area (Å²) in [7, 11) is 0. The second-order valence-electron chi connectivity index (χ2n) is 7.42. The summed E-state index contributed by atoms with van der Waals surface area (Å²) in [5, 5.41) is 8.21. The van der Waals surface area contributed by atoms with Gasteiger partial charge in [0.15, 0.2) is 5.76 Å². The van der Waals surface area contributed by atoms with Crippen molar-refractivity contribution in [3.63, 3.8) is 0 Å². The fraction of sp³-hybridized carbons (Fsp3) is 0.167. The van der Waals surface area contributed by atoms with E-state index in [9.17, 15) is 9.18 Å². The fourth-order valence-electron chi connectivity index (χ4n) is 3.33. The van der Waals surface area contributed by atoms with E-state index in [1.165, 1.54) is 12.1 Å². The maximum atomic E-state index is 13.5. The van der Waals surface area contributed by atoms with Crippen LogP contribution in [0.5, 0.6) is 5.75 Å². The minimum Gasteiger partial charge on any atom is -0.484 e. The highest BCUT2D eigenvalue weighted by Crippen LogP contribution is 2.28. The Kier molecular flexibility index (Phi) is 6.72. The van der Waals surface area contributed by atoms with E-state index >= 15 is 0 Å². The number of ether oxygens (including phenoxy) is 1. The van der Waals surface area contributed by atoms with E-state index in [2.05, 4.69) is 10.4 Å². The normalized spacial score (nSPS) is 10.9. The molecule has 2 heterocycles. The van der Waals surface area contributed by atoms with Crippen molar-refractivity contribution in [2.75, 3.05) is 5.32 Å². The number of aryl methyl sites for hydroxylation is 1. The molecule has 0 aliphatic heterocycles. The number of anilines is 1. The predicted octanol–water partition coefficient (Wildman–Crippen LogP) is 6.42. The highest BCUT2D eigenvalue weighted by Gasteiger charge is 2.18. The Bertz CT molecular complexity index is 1320. The number of nitrogens with zero attached hydrogens (tertiary/aromatic N) is 2. The van der Waals surface area contributed by atoms with E-state index in [-0.39, 0.29) is 18.2 Å². The molecule has 2 aromatic heterocycles. The first kappa shape index (κ1) is 22.9. The van der Waals surface area contributed by atoms with Gasteiger partial charge in [0.25, 0.3) is 5.91 Å². The first-order valence-electron chi connectivity index (χ1n) is 10.1. The summed E-state index contributed by atoms with van der Waals surface area (Å²) in [6, 6.07) is 14.5. The lowest BCUT2D eigenvalue weighted by molar-refractivity contribution is 0.0992. The van der Waals surface area contributed by atoms with Gasteiger partial charge in [-0.05, 0) is 61.9 Å². The molecule has 4 rings (SSSR count). The third kappa shape index (κ3) is 5.38. The Morgan fingerprint density at radius 1 is 1.15 bits per heavy atom. The van der Waals surface area contributed by atoms with Gasteiger partial charge >= 0.3 is 0 Å². The van der Waals surface area contributed by atoms with E-state index in [1.54, 1.807) is 48.0 Å². The quantitative estimate of drug-likeness (QED) is 0.326. The van der Waals surface area contributed by atoms with E-state index in [1.807, 2.05) is 13.0 Å². The molecule has 170 valence electrons. The number of nitrogens with one attached hydrogen (secondary N) is 1. The Morgan fingerprint density at radius 2 is 1.97 bits per heavy atom. The summed E-state index contributed by atoms with van der Waals surface area (Å²) in [6.45, 7) is 4.11. The van der Waals surface area contributed by atoms with Crippen LogP contribution < -0.4 is 10.1 Å². The van der Waals surface area contributed by atoms with Crippen molar-refractivity contribution in [2.45, 2.75) is 27.0 Å². The van der Waals surface area contributed by atoms with Crippen LogP contribution in [0, 0.1) is 19.7 Å². The molecule has 0 bridgehead atoms. The number of hydrogen-bond donors (Lipinski definition) is 1. The van der Waals surface area contributed by atoms with Gasteiger partial charge in [0.1, 0.15) is 23.9 Å². The van der Waals surface area contributed by atoms with Gasteiger partial charge in [0, 0.05) is 5.02 Å². The number of halogens is 3. The zero-order valence-electron chi connectivity index (χ0n) is 17.9. The Hall–Kier alpha value is -3.29. The third-order valence-corrected chi connectivity index (χ3v) is 5.52. The standard InChI is InChI=1S/C24H20Cl2FN3O3/c1-14-23(15(2)30(29-14)12-16-4-3-5-18(27)10-16)28-24(31)22-9-7-19(33-22)13-32-21-8-6-17(25)11-20(21)26/h3-11H,12-13H2,1-2H3,(H,28,31). The molecule has 0 saturated heterocycles. The van der Waals surface area contributed by atoms with Crippen molar-refractivity contribution < 1.29 is 18.3 Å². The predicted molar refractivity (Wildman–Crippen MR) is 125 cm³/mol. The topological polar surface area (TPSA) is 69.3 Å². The second kappa shape index (κ2) is 9.68. The van der Waals surface area contributed by atoms with Crippen LogP contribution in [-0.2, 0) is 13.2 Å². The molecule has 1 N–H and O–H groups in total. The monoisotopic (exact) mass is 487 g/mol. The summed E-state index contributed by atoms with van der Waals surface area (Å²) in [6.07, 6.45) is 0. The minimum atomic E-state index is -0.415. The van der Waals surface area contributed by atoms with Crippen LogP contribution in [0.3, 0.4) is 0 Å². The molecule has 0 unspecified atom stereocenters. The maximum Gasteiger partial charge on any atom is 0.291 e. The molecule has 9 heteroatoms. The third-order valence-electron chi connectivity index (χ3n) is 4.99. The molecule has 0 aliphatic rings. The number of carbonyl (C=O) groups is 1. The molecule has 2 aromatic carbocycles. The highest BCUT2D eigenvalue weighted by molar-refractivity contribution is 6.35. The largest absolute Gasteiger partial charge is 0.484 e. The van der Waals surface area contributed by atoms with Gasteiger partial charge < -0.3 is 14.5 Å². The van der Waals surface area contributed by atoms with Gasteiger partial charge in [-0.25, -0.2) is 4.39 Å². The van der Waals surface area contributed by atoms with Crippen LogP contribution in [0.1, 0.15) is 33.3 Å². The lowest BCUT2D eigenvalue weighted by Gasteiger charge is -2.07. The van der Waals surface area contributed by atoms with Gasteiger partial charge in [-0.1, -0.05) is 35.3 Å².